The Morgan fingerprint density at radius 3 is 2.76 bits per heavy atom. The van der Waals surface area contributed by atoms with E-state index in [0.717, 1.165) is 33.7 Å². The van der Waals surface area contributed by atoms with Crippen LogP contribution in [-0.4, -0.2) is 22.1 Å². The lowest BCUT2D eigenvalue weighted by Crippen LogP contribution is -1.95. The predicted molar refractivity (Wildman–Crippen MR) is 84.2 cm³/mol. The Kier molecular flexibility index (Phi) is 3.79. The molecule has 3 heterocycles. The number of nitrogens with zero attached hydrogens (tertiary/aromatic N) is 3. The van der Waals surface area contributed by atoms with E-state index in [1.54, 1.807) is 19.5 Å². The molecule has 0 spiro atoms. The number of rotatable bonds is 4. The van der Waals surface area contributed by atoms with E-state index < -0.39 is 0 Å². The van der Waals surface area contributed by atoms with E-state index in [1.807, 2.05) is 36.6 Å². The third kappa shape index (κ3) is 3.00. The van der Waals surface area contributed by atoms with E-state index in [-0.39, 0.29) is 0 Å². The fourth-order valence-corrected chi connectivity index (χ4v) is 2.52. The van der Waals surface area contributed by atoms with Gasteiger partial charge in [0.05, 0.1) is 19.0 Å². The average molecular weight is 298 g/mol. The third-order valence-corrected chi connectivity index (χ3v) is 3.73. The first kappa shape index (κ1) is 13.5. The van der Waals surface area contributed by atoms with Crippen LogP contribution in [0, 0.1) is 6.92 Å². The minimum absolute atomic E-state index is 0.733. The lowest BCUT2D eigenvalue weighted by Gasteiger charge is -2.04. The molecule has 21 heavy (non-hydrogen) atoms. The lowest BCUT2D eigenvalue weighted by atomic mass is 10.3. The van der Waals surface area contributed by atoms with Crippen LogP contribution in [0.1, 0.15) is 5.56 Å². The highest BCUT2D eigenvalue weighted by Gasteiger charge is 2.07. The molecule has 106 valence electrons. The monoisotopic (exact) mass is 298 g/mol. The minimum Gasteiger partial charge on any atom is -0.495 e. The fourth-order valence-electron chi connectivity index (χ4n) is 1.82. The van der Waals surface area contributed by atoms with Gasteiger partial charge in [-0.2, -0.15) is 0 Å². The first-order chi connectivity index (χ1) is 10.3. The molecule has 5 nitrogen and oxygen atoms in total. The molecule has 0 saturated carbocycles. The summed E-state index contributed by atoms with van der Waals surface area (Å²) in [6.07, 6.45) is 3.44. The summed E-state index contributed by atoms with van der Waals surface area (Å²) in [4.78, 5) is 13.2. The molecular weight excluding hydrogens is 284 g/mol. The summed E-state index contributed by atoms with van der Waals surface area (Å²) in [5.41, 5.74) is 2.73. The standard InChI is InChI=1S/C15H14N4OS/c1-10-4-3-7-16-14(10)19-15-18-13(9-21-15)12-6-5-11(20-2)8-17-12/h3-9H,1-2H3,(H,16,18,19). The van der Waals surface area contributed by atoms with Gasteiger partial charge in [-0.3, -0.25) is 4.98 Å². The van der Waals surface area contributed by atoms with Crippen LogP contribution in [0.5, 0.6) is 5.75 Å². The van der Waals surface area contributed by atoms with Crippen molar-refractivity contribution < 1.29 is 4.74 Å². The molecule has 0 aliphatic carbocycles. The maximum Gasteiger partial charge on any atom is 0.188 e. The molecule has 3 aromatic heterocycles. The van der Waals surface area contributed by atoms with Crippen molar-refractivity contribution in [3.63, 3.8) is 0 Å². The largest absolute Gasteiger partial charge is 0.495 e. The molecule has 0 aliphatic heterocycles. The van der Waals surface area contributed by atoms with Crippen molar-refractivity contribution in [2.75, 3.05) is 12.4 Å². The molecule has 6 heteroatoms. The molecule has 0 unspecified atom stereocenters. The van der Waals surface area contributed by atoms with Crippen LogP contribution in [0.4, 0.5) is 10.9 Å². The Labute approximate surface area is 126 Å². The molecule has 0 bridgehead atoms. The molecule has 0 amide bonds. The Hall–Kier alpha value is -2.47. The van der Waals surface area contributed by atoms with Gasteiger partial charge in [0, 0.05) is 11.6 Å². The Morgan fingerprint density at radius 1 is 1.14 bits per heavy atom. The number of aromatic nitrogens is 3. The number of thiazole rings is 1. The van der Waals surface area contributed by atoms with Crippen molar-refractivity contribution in [2.45, 2.75) is 6.92 Å². The van der Waals surface area contributed by atoms with Crippen molar-refractivity contribution >= 4 is 22.3 Å². The number of methoxy groups -OCH3 is 1. The first-order valence-electron chi connectivity index (χ1n) is 6.41. The van der Waals surface area contributed by atoms with Crippen LogP contribution in [0.25, 0.3) is 11.4 Å². The van der Waals surface area contributed by atoms with Gasteiger partial charge < -0.3 is 10.1 Å². The molecular formula is C15H14N4OS. The predicted octanol–water partition coefficient (Wildman–Crippen LogP) is 3.66. The number of anilines is 2. The van der Waals surface area contributed by atoms with Gasteiger partial charge in [-0.1, -0.05) is 6.07 Å². The van der Waals surface area contributed by atoms with Gasteiger partial charge in [0.2, 0.25) is 0 Å². The van der Waals surface area contributed by atoms with E-state index >= 15 is 0 Å². The zero-order valence-electron chi connectivity index (χ0n) is 11.7. The number of hydrogen-bond acceptors (Lipinski definition) is 6. The molecule has 3 rings (SSSR count). The molecule has 0 radical (unpaired) electrons. The highest BCUT2D eigenvalue weighted by molar-refractivity contribution is 7.14. The van der Waals surface area contributed by atoms with Gasteiger partial charge in [0.25, 0.3) is 0 Å². The van der Waals surface area contributed by atoms with E-state index in [2.05, 4.69) is 20.3 Å². The van der Waals surface area contributed by atoms with Crippen LogP contribution in [0.3, 0.4) is 0 Å². The lowest BCUT2D eigenvalue weighted by molar-refractivity contribution is 0.413. The normalized spacial score (nSPS) is 10.4. The smallest absolute Gasteiger partial charge is 0.188 e. The van der Waals surface area contributed by atoms with Gasteiger partial charge in [0.15, 0.2) is 5.13 Å². The first-order valence-corrected chi connectivity index (χ1v) is 7.29. The number of aryl methyl sites for hydroxylation is 1. The van der Waals surface area contributed by atoms with Crippen molar-refractivity contribution in [1.82, 2.24) is 15.0 Å². The molecule has 0 fully saturated rings. The van der Waals surface area contributed by atoms with Crippen molar-refractivity contribution in [1.29, 1.82) is 0 Å². The summed E-state index contributed by atoms with van der Waals surface area (Å²) in [5.74, 6) is 1.55. The summed E-state index contributed by atoms with van der Waals surface area (Å²) < 4.78 is 5.10. The fraction of sp³-hybridized carbons (Fsp3) is 0.133. The summed E-state index contributed by atoms with van der Waals surface area (Å²) >= 11 is 1.52. The Morgan fingerprint density at radius 2 is 2.05 bits per heavy atom. The molecule has 0 atom stereocenters. The molecule has 1 N–H and O–H groups in total. The molecule has 3 aromatic rings. The topological polar surface area (TPSA) is 59.9 Å². The SMILES string of the molecule is COc1ccc(-c2csc(Nc3ncccc3C)n2)nc1. The van der Waals surface area contributed by atoms with Crippen molar-refractivity contribution in [2.24, 2.45) is 0 Å². The van der Waals surface area contributed by atoms with Crippen molar-refractivity contribution in [3.05, 3.63) is 47.6 Å². The maximum absolute atomic E-state index is 5.10. The van der Waals surface area contributed by atoms with Gasteiger partial charge in [-0.15, -0.1) is 11.3 Å². The number of ether oxygens (including phenoxy) is 1. The highest BCUT2D eigenvalue weighted by Crippen LogP contribution is 2.27. The van der Waals surface area contributed by atoms with E-state index in [0.29, 0.717) is 0 Å². The summed E-state index contributed by atoms with van der Waals surface area (Å²) in [7, 11) is 1.62. The zero-order chi connectivity index (χ0) is 14.7. The third-order valence-electron chi connectivity index (χ3n) is 2.97. The van der Waals surface area contributed by atoms with Crippen LogP contribution >= 0.6 is 11.3 Å². The van der Waals surface area contributed by atoms with Crippen LogP contribution < -0.4 is 10.1 Å². The Balaban J connectivity index is 1.81. The molecule has 0 saturated heterocycles. The van der Waals surface area contributed by atoms with Gasteiger partial charge in [-0.05, 0) is 30.7 Å². The van der Waals surface area contributed by atoms with Crippen LogP contribution in [0.2, 0.25) is 0 Å². The van der Waals surface area contributed by atoms with Crippen LogP contribution in [0.15, 0.2) is 42.0 Å². The summed E-state index contributed by atoms with van der Waals surface area (Å²) in [6, 6.07) is 7.69. The second kappa shape index (κ2) is 5.88. The summed E-state index contributed by atoms with van der Waals surface area (Å²) in [5, 5.41) is 5.99. The zero-order valence-corrected chi connectivity index (χ0v) is 12.5. The van der Waals surface area contributed by atoms with Crippen molar-refractivity contribution in [3.8, 4) is 17.1 Å². The quantitative estimate of drug-likeness (QED) is 0.796. The molecule has 0 aliphatic rings. The molecule has 0 aromatic carbocycles. The number of hydrogen-bond donors (Lipinski definition) is 1. The van der Waals surface area contributed by atoms with Gasteiger partial charge in [0.1, 0.15) is 17.3 Å². The maximum atomic E-state index is 5.10. The van der Waals surface area contributed by atoms with Gasteiger partial charge >= 0.3 is 0 Å². The van der Waals surface area contributed by atoms with E-state index in [1.165, 1.54) is 11.3 Å². The highest BCUT2D eigenvalue weighted by atomic mass is 32.1. The van der Waals surface area contributed by atoms with E-state index in [9.17, 15) is 0 Å². The number of pyridine rings is 2. The number of nitrogens with one attached hydrogen (secondary N) is 1. The second-order valence-electron chi connectivity index (χ2n) is 4.42. The summed E-state index contributed by atoms with van der Waals surface area (Å²) in [6.45, 7) is 2.01. The average Bonchev–Trinajstić information content (AvgIpc) is 2.98. The second-order valence-corrected chi connectivity index (χ2v) is 5.27. The van der Waals surface area contributed by atoms with Crippen LogP contribution in [-0.2, 0) is 0 Å². The Bertz CT molecular complexity index is 739. The van der Waals surface area contributed by atoms with E-state index in [4.69, 9.17) is 4.74 Å². The van der Waals surface area contributed by atoms with Gasteiger partial charge in [-0.25, -0.2) is 9.97 Å². The minimum atomic E-state index is 0.733.